The molecule has 1 aromatic heterocycles. The first-order valence-electron chi connectivity index (χ1n) is 15.2. The van der Waals surface area contributed by atoms with Crippen LogP contribution in [0.5, 0.6) is 11.5 Å². The minimum absolute atomic E-state index is 0.0216. The third-order valence-corrected chi connectivity index (χ3v) is 8.80. The van der Waals surface area contributed by atoms with Crippen LogP contribution in [0.2, 0.25) is 0 Å². The van der Waals surface area contributed by atoms with Crippen LogP contribution < -0.4 is 9.47 Å². The number of carbonyl (C=O) groups is 1. The number of aromatic nitrogens is 2. The number of likely N-dealkylation sites (tertiary alicyclic amines) is 1. The van der Waals surface area contributed by atoms with Crippen LogP contribution in [-0.2, 0) is 24.4 Å². The van der Waals surface area contributed by atoms with E-state index in [9.17, 15) is 14.4 Å². The summed E-state index contributed by atoms with van der Waals surface area (Å²) in [4.78, 5) is 19.2. The molecule has 46 heavy (non-hydrogen) atoms. The first-order valence-corrected chi connectivity index (χ1v) is 15.2. The molecule has 0 unspecified atom stereocenters. The van der Waals surface area contributed by atoms with Crippen molar-refractivity contribution in [1.82, 2.24) is 14.5 Å². The van der Waals surface area contributed by atoms with E-state index < -0.39 is 17.6 Å². The number of benzene rings is 3. The highest BCUT2D eigenvalue weighted by atomic mass is 19.1. The second kappa shape index (κ2) is 13.2. The summed E-state index contributed by atoms with van der Waals surface area (Å²) in [6, 6.07) is 18.5. The van der Waals surface area contributed by atoms with Gasteiger partial charge in [0.15, 0.2) is 5.82 Å². The number of piperidine rings is 1. The smallest absolute Gasteiger partial charge is 0.338 e. The Morgan fingerprint density at radius 2 is 1.83 bits per heavy atom. The minimum Gasteiger partial charge on any atom is -0.490 e. The normalized spacial score (nSPS) is 16.0. The average molecular weight is 626 g/mol. The highest BCUT2D eigenvalue weighted by molar-refractivity contribution is 5.94. The number of rotatable bonds is 11. The highest BCUT2D eigenvalue weighted by Gasteiger charge is 2.43. The van der Waals surface area contributed by atoms with E-state index in [-0.39, 0.29) is 34.8 Å². The first-order chi connectivity index (χ1) is 22.3. The Balaban J connectivity index is 1.10. The van der Waals surface area contributed by atoms with Crippen molar-refractivity contribution < 1.29 is 27.8 Å². The zero-order valence-corrected chi connectivity index (χ0v) is 25.5. The number of fused-ring (bicyclic) bond motifs is 1. The average Bonchev–Trinajstić information content (AvgIpc) is 3.74. The number of imidazole rings is 1. The largest absolute Gasteiger partial charge is 0.490 e. The molecule has 9 nitrogen and oxygen atoms in total. The third-order valence-electron chi connectivity index (χ3n) is 8.80. The van der Waals surface area contributed by atoms with Gasteiger partial charge in [0.25, 0.3) is 0 Å². The number of ether oxygens (including phenoxy) is 3. The van der Waals surface area contributed by atoms with Gasteiger partial charge in [-0.2, -0.15) is 10.5 Å². The van der Waals surface area contributed by atoms with Gasteiger partial charge >= 0.3 is 5.97 Å². The number of hydrogen-bond donors (Lipinski definition) is 0. The maximum atomic E-state index is 15.2. The molecular formula is C35H33F2N5O4. The Kier molecular flexibility index (Phi) is 8.87. The molecule has 0 radical (unpaired) electrons. The molecule has 2 fully saturated rings. The van der Waals surface area contributed by atoms with Crippen LogP contribution in [0.3, 0.4) is 0 Å². The zero-order chi connectivity index (χ0) is 32.3. The minimum atomic E-state index is -0.618. The molecule has 0 amide bonds. The van der Waals surface area contributed by atoms with E-state index in [0.717, 1.165) is 44.8 Å². The van der Waals surface area contributed by atoms with Gasteiger partial charge in [0.1, 0.15) is 41.4 Å². The molecule has 6 rings (SSSR count). The van der Waals surface area contributed by atoms with Crippen molar-refractivity contribution in [2.75, 3.05) is 20.2 Å². The lowest BCUT2D eigenvalue weighted by molar-refractivity contribution is 0.0600. The molecule has 236 valence electrons. The van der Waals surface area contributed by atoms with Crippen molar-refractivity contribution in [2.24, 2.45) is 5.41 Å². The fourth-order valence-corrected chi connectivity index (χ4v) is 5.94. The number of carbonyl (C=O) groups excluding carboxylic acids is 1. The van der Waals surface area contributed by atoms with Gasteiger partial charge in [-0.1, -0.05) is 12.1 Å². The fourth-order valence-electron chi connectivity index (χ4n) is 5.94. The maximum absolute atomic E-state index is 15.2. The summed E-state index contributed by atoms with van der Waals surface area (Å²) in [6.45, 7) is 2.52. The monoisotopic (exact) mass is 625 g/mol. The molecule has 1 saturated carbocycles. The van der Waals surface area contributed by atoms with Crippen LogP contribution in [0.1, 0.15) is 59.4 Å². The summed E-state index contributed by atoms with van der Waals surface area (Å²) in [5, 5.41) is 18.3. The predicted octanol–water partition coefficient (Wildman–Crippen LogP) is 6.29. The molecule has 3 aromatic carbocycles. The Morgan fingerprint density at radius 1 is 1.04 bits per heavy atom. The van der Waals surface area contributed by atoms with Crippen molar-refractivity contribution in [3.05, 3.63) is 88.7 Å². The molecule has 2 heterocycles. The number of nitrogens with zero attached hydrogens (tertiary/aromatic N) is 5. The highest BCUT2D eigenvalue weighted by Crippen LogP contribution is 2.50. The molecule has 1 aliphatic heterocycles. The van der Waals surface area contributed by atoms with Crippen LogP contribution in [-0.4, -0.2) is 46.7 Å². The molecule has 0 spiro atoms. The van der Waals surface area contributed by atoms with E-state index in [1.807, 2.05) is 22.8 Å². The quantitative estimate of drug-likeness (QED) is 0.179. The molecule has 11 heteroatoms. The van der Waals surface area contributed by atoms with Gasteiger partial charge in [-0.15, -0.1) is 0 Å². The standard InChI is InChI=1S/C35H33F2N5O4/c1-44-34(43)25-16-30(37)33-31(17-25)42(22-35(9-10-35)11-12-38)32(40-33)20-41-13-7-26(8-14-41)46-28-4-2-3-27(18-28)45-21-24-6-5-23(19-39)15-29(24)36/h2-6,15-18,26H,7-11,13-14,20-22H2,1H3. The van der Waals surface area contributed by atoms with Gasteiger partial charge in [0, 0.05) is 43.1 Å². The van der Waals surface area contributed by atoms with Crippen molar-refractivity contribution >= 4 is 17.0 Å². The Labute approximate surface area is 265 Å². The van der Waals surface area contributed by atoms with Gasteiger partial charge in [-0.25, -0.2) is 18.6 Å². The summed E-state index contributed by atoms with van der Waals surface area (Å²) in [7, 11) is 1.26. The van der Waals surface area contributed by atoms with Crippen LogP contribution in [0.4, 0.5) is 8.78 Å². The molecule has 1 aliphatic carbocycles. The van der Waals surface area contributed by atoms with Crippen molar-refractivity contribution in [3.8, 4) is 23.6 Å². The molecule has 4 aromatic rings. The lowest BCUT2D eigenvalue weighted by atomic mass is 10.0. The van der Waals surface area contributed by atoms with E-state index in [1.54, 1.807) is 30.3 Å². The maximum Gasteiger partial charge on any atom is 0.338 e. The van der Waals surface area contributed by atoms with Gasteiger partial charge in [0.05, 0.1) is 42.4 Å². The van der Waals surface area contributed by atoms with Crippen molar-refractivity contribution in [1.29, 1.82) is 10.5 Å². The summed E-state index contributed by atoms with van der Waals surface area (Å²) in [5.41, 5.74) is 1.31. The molecule has 0 bridgehead atoms. The SMILES string of the molecule is COC(=O)c1cc(F)c2nc(CN3CCC(Oc4cccc(OCc5ccc(C#N)cc5F)c4)CC3)n(CC3(CC#N)CC3)c2c1. The molecular weight excluding hydrogens is 592 g/mol. The second-order valence-electron chi connectivity index (χ2n) is 12.0. The van der Waals surface area contributed by atoms with Crippen molar-refractivity contribution in [3.63, 3.8) is 0 Å². The molecule has 0 N–H and O–H groups in total. The van der Waals surface area contributed by atoms with Crippen molar-refractivity contribution in [2.45, 2.75) is 57.9 Å². The van der Waals surface area contributed by atoms with Crippen LogP contribution in [0.15, 0.2) is 54.6 Å². The summed E-state index contributed by atoms with van der Waals surface area (Å²) in [6.07, 6.45) is 3.75. The molecule has 2 aliphatic rings. The van der Waals surface area contributed by atoms with Crippen LogP contribution >= 0.6 is 0 Å². The predicted molar refractivity (Wildman–Crippen MR) is 164 cm³/mol. The van der Waals surface area contributed by atoms with E-state index >= 15 is 4.39 Å². The van der Waals surface area contributed by atoms with Gasteiger partial charge < -0.3 is 18.8 Å². The number of halogens is 2. The zero-order valence-electron chi connectivity index (χ0n) is 25.5. The first kappa shape index (κ1) is 31.0. The summed E-state index contributed by atoms with van der Waals surface area (Å²) < 4.78 is 48.3. The number of methoxy groups -OCH3 is 1. The second-order valence-corrected chi connectivity index (χ2v) is 12.0. The lowest BCUT2D eigenvalue weighted by Gasteiger charge is -2.32. The Bertz CT molecular complexity index is 1850. The van der Waals surface area contributed by atoms with Gasteiger partial charge in [-0.3, -0.25) is 4.90 Å². The van der Waals surface area contributed by atoms with E-state index in [2.05, 4.69) is 16.0 Å². The molecule has 1 saturated heterocycles. The fraction of sp³-hybridized carbons (Fsp3) is 0.371. The van der Waals surface area contributed by atoms with E-state index in [0.29, 0.717) is 47.9 Å². The third kappa shape index (κ3) is 6.80. The Morgan fingerprint density at radius 3 is 2.52 bits per heavy atom. The summed E-state index contributed by atoms with van der Waals surface area (Å²) in [5.74, 6) is 0.213. The van der Waals surface area contributed by atoms with Crippen LogP contribution in [0, 0.1) is 39.7 Å². The van der Waals surface area contributed by atoms with Gasteiger partial charge in [0.2, 0.25) is 0 Å². The number of nitriles is 2. The Hall–Kier alpha value is -5.00. The number of hydrogen-bond acceptors (Lipinski definition) is 8. The van der Waals surface area contributed by atoms with Gasteiger partial charge in [-0.05, 0) is 62.1 Å². The lowest BCUT2D eigenvalue weighted by Crippen LogP contribution is -2.38. The van der Waals surface area contributed by atoms with E-state index in [1.165, 1.54) is 13.2 Å². The summed E-state index contributed by atoms with van der Waals surface area (Å²) >= 11 is 0. The van der Waals surface area contributed by atoms with Crippen LogP contribution in [0.25, 0.3) is 11.0 Å². The molecule has 0 atom stereocenters. The van der Waals surface area contributed by atoms with E-state index in [4.69, 9.17) is 19.5 Å². The topological polar surface area (TPSA) is 113 Å². The number of esters is 1.